The second kappa shape index (κ2) is 15.4. The molecule has 0 bridgehead atoms. The number of carbonyl (C=O) groups excluding carboxylic acids is 2. The van der Waals surface area contributed by atoms with E-state index in [2.05, 4.69) is 28.2 Å². The third-order valence-electron chi connectivity index (χ3n) is 8.07. The lowest BCUT2D eigenvalue weighted by Crippen LogP contribution is -2.36. The van der Waals surface area contributed by atoms with Crippen molar-refractivity contribution in [3.05, 3.63) is 89.7 Å². The Morgan fingerprint density at radius 1 is 0.977 bits per heavy atom. The molecule has 0 radical (unpaired) electrons. The standard InChI is InChI=1S/C36H44N4O4/c1-3-11-33-39-31-21-18-29(37-23-22-34(41)38-28-14-9-6-10-15-28)24-32(31)40(33)25-26-16-19-30(20-17-26)44-35(36(42)43-4-2)27-12-7-5-8-13-27/h5,7-8,12-13,16-21,24,28,35,37H,3-4,6,9-11,14-15,22-23,25H2,1-2H3,(H,38,41). The van der Waals surface area contributed by atoms with Gasteiger partial charge >= 0.3 is 5.97 Å². The van der Waals surface area contributed by atoms with Gasteiger partial charge in [0.1, 0.15) is 11.6 Å². The van der Waals surface area contributed by atoms with Crippen molar-refractivity contribution >= 4 is 28.6 Å². The summed E-state index contributed by atoms with van der Waals surface area (Å²) in [7, 11) is 0. The third kappa shape index (κ3) is 8.18. The number of benzene rings is 3. The van der Waals surface area contributed by atoms with E-state index in [-0.39, 0.29) is 12.5 Å². The first-order valence-electron chi connectivity index (χ1n) is 16.0. The minimum absolute atomic E-state index is 0.116. The van der Waals surface area contributed by atoms with Gasteiger partial charge in [-0.3, -0.25) is 4.79 Å². The van der Waals surface area contributed by atoms with Crippen LogP contribution >= 0.6 is 0 Å². The highest BCUT2D eigenvalue weighted by Crippen LogP contribution is 2.26. The van der Waals surface area contributed by atoms with Crippen LogP contribution in [0.25, 0.3) is 11.0 Å². The van der Waals surface area contributed by atoms with Gasteiger partial charge in [0.05, 0.1) is 17.6 Å². The topological polar surface area (TPSA) is 94.5 Å². The quantitative estimate of drug-likeness (QED) is 0.153. The van der Waals surface area contributed by atoms with Crippen molar-refractivity contribution in [1.29, 1.82) is 0 Å². The smallest absolute Gasteiger partial charge is 0.352 e. The third-order valence-corrected chi connectivity index (χ3v) is 8.07. The first-order valence-corrected chi connectivity index (χ1v) is 16.0. The average Bonchev–Trinajstić information content (AvgIpc) is 3.37. The molecule has 5 rings (SSSR count). The van der Waals surface area contributed by atoms with E-state index in [1.807, 2.05) is 66.7 Å². The molecule has 44 heavy (non-hydrogen) atoms. The largest absolute Gasteiger partial charge is 0.474 e. The van der Waals surface area contributed by atoms with Gasteiger partial charge < -0.3 is 24.7 Å². The minimum atomic E-state index is -0.833. The molecular weight excluding hydrogens is 552 g/mol. The van der Waals surface area contributed by atoms with Crippen LogP contribution in [0.2, 0.25) is 0 Å². The number of hydrogen-bond donors (Lipinski definition) is 2. The number of anilines is 1. The van der Waals surface area contributed by atoms with Crippen LogP contribution in [0.3, 0.4) is 0 Å². The lowest BCUT2D eigenvalue weighted by molar-refractivity contribution is -0.151. The van der Waals surface area contributed by atoms with Crippen LogP contribution in [-0.2, 0) is 27.3 Å². The predicted octanol–water partition coefficient (Wildman–Crippen LogP) is 6.97. The Morgan fingerprint density at radius 3 is 2.48 bits per heavy atom. The van der Waals surface area contributed by atoms with Crippen molar-refractivity contribution in [2.45, 2.75) is 83.9 Å². The molecule has 1 heterocycles. The molecule has 8 nitrogen and oxygen atoms in total. The number of ether oxygens (including phenoxy) is 2. The van der Waals surface area contributed by atoms with E-state index in [9.17, 15) is 9.59 Å². The van der Waals surface area contributed by atoms with Gasteiger partial charge in [0, 0.05) is 43.2 Å². The van der Waals surface area contributed by atoms with Crippen LogP contribution in [0, 0.1) is 0 Å². The van der Waals surface area contributed by atoms with Gasteiger partial charge in [-0.15, -0.1) is 0 Å². The van der Waals surface area contributed by atoms with Crippen LogP contribution in [0.4, 0.5) is 5.69 Å². The maximum Gasteiger partial charge on any atom is 0.352 e. The van der Waals surface area contributed by atoms with Crippen LogP contribution in [0.15, 0.2) is 72.8 Å². The molecule has 4 aromatic rings. The zero-order valence-corrected chi connectivity index (χ0v) is 25.9. The predicted molar refractivity (Wildman–Crippen MR) is 174 cm³/mol. The van der Waals surface area contributed by atoms with Crippen molar-refractivity contribution in [2.24, 2.45) is 0 Å². The van der Waals surface area contributed by atoms with Crippen molar-refractivity contribution < 1.29 is 19.1 Å². The number of esters is 1. The molecule has 1 aliphatic carbocycles. The monoisotopic (exact) mass is 596 g/mol. The Morgan fingerprint density at radius 2 is 1.75 bits per heavy atom. The van der Waals surface area contributed by atoms with E-state index in [4.69, 9.17) is 14.5 Å². The van der Waals surface area contributed by atoms with E-state index >= 15 is 0 Å². The number of amides is 1. The molecule has 8 heteroatoms. The average molecular weight is 597 g/mol. The van der Waals surface area contributed by atoms with E-state index in [0.29, 0.717) is 31.3 Å². The Hall–Kier alpha value is -4.33. The molecule has 1 atom stereocenters. The Kier molecular flexibility index (Phi) is 10.9. The van der Waals surface area contributed by atoms with Crippen LogP contribution in [0.5, 0.6) is 5.75 Å². The van der Waals surface area contributed by atoms with Gasteiger partial charge in [-0.25, -0.2) is 9.78 Å². The Labute approximate surface area is 260 Å². The highest BCUT2D eigenvalue weighted by molar-refractivity contribution is 5.81. The van der Waals surface area contributed by atoms with Gasteiger partial charge in [0.25, 0.3) is 0 Å². The first-order chi connectivity index (χ1) is 21.5. The van der Waals surface area contributed by atoms with E-state index in [1.54, 1.807) is 6.92 Å². The van der Waals surface area contributed by atoms with Crippen molar-refractivity contribution in [3.63, 3.8) is 0 Å². The van der Waals surface area contributed by atoms with Gasteiger partial charge in [0.15, 0.2) is 0 Å². The summed E-state index contributed by atoms with van der Waals surface area (Å²) >= 11 is 0. The van der Waals surface area contributed by atoms with Crippen molar-refractivity contribution in [2.75, 3.05) is 18.5 Å². The van der Waals surface area contributed by atoms with Gasteiger partial charge in [0.2, 0.25) is 12.0 Å². The molecule has 0 aliphatic heterocycles. The summed E-state index contributed by atoms with van der Waals surface area (Å²) in [5, 5.41) is 6.64. The summed E-state index contributed by atoms with van der Waals surface area (Å²) in [5.41, 5.74) is 4.82. The molecule has 0 saturated heterocycles. The highest BCUT2D eigenvalue weighted by atomic mass is 16.6. The number of imidazole rings is 1. The number of nitrogens with one attached hydrogen (secondary N) is 2. The fourth-order valence-corrected chi connectivity index (χ4v) is 5.83. The SMILES string of the molecule is CCCc1nc2ccc(NCCC(=O)NC3CCCCC3)cc2n1Cc1ccc(OC(C(=O)OCC)c2ccccc2)cc1. The van der Waals surface area contributed by atoms with Gasteiger partial charge in [-0.1, -0.05) is 68.7 Å². The molecule has 2 N–H and O–H groups in total. The number of nitrogens with zero attached hydrogens (tertiary/aromatic N) is 2. The van der Waals surface area contributed by atoms with E-state index < -0.39 is 12.1 Å². The van der Waals surface area contributed by atoms with Crippen LogP contribution in [-0.4, -0.2) is 40.6 Å². The minimum Gasteiger partial charge on any atom is -0.474 e. The van der Waals surface area contributed by atoms with E-state index in [0.717, 1.165) is 59.4 Å². The van der Waals surface area contributed by atoms with Crippen LogP contribution in [0.1, 0.15) is 81.8 Å². The van der Waals surface area contributed by atoms with Gasteiger partial charge in [-0.05, 0) is 62.1 Å². The molecule has 1 aromatic heterocycles. The molecule has 1 aliphatic rings. The summed E-state index contributed by atoms with van der Waals surface area (Å²) in [5.74, 6) is 1.34. The normalized spacial score (nSPS) is 14.2. The first kappa shape index (κ1) is 31.1. The number of fused-ring (bicyclic) bond motifs is 1. The molecule has 1 unspecified atom stereocenters. The Balaban J connectivity index is 1.26. The van der Waals surface area contributed by atoms with Crippen molar-refractivity contribution in [3.8, 4) is 5.75 Å². The summed E-state index contributed by atoms with van der Waals surface area (Å²) < 4.78 is 13.7. The number of carbonyl (C=O) groups is 2. The maximum atomic E-state index is 12.7. The summed E-state index contributed by atoms with van der Waals surface area (Å²) in [6, 6.07) is 23.8. The summed E-state index contributed by atoms with van der Waals surface area (Å²) in [6.07, 6.45) is 7.36. The van der Waals surface area contributed by atoms with Gasteiger partial charge in [-0.2, -0.15) is 0 Å². The van der Waals surface area contributed by atoms with Crippen LogP contribution < -0.4 is 15.4 Å². The maximum absolute atomic E-state index is 12.7. The molecule has 232 valence electrons. The molecule has 1 amide bonds. The lowest BCUT2D eigenvalue weighted by Gasteiger charge is -2.22. The molecular formula is C36H44N4O4. The molecule has 0 spiro atoms. The number of rotatable bonds is 14. The molecule has 1 fully saturated rings. The molecule has 1 saturated carbocycles. The second-order valence-electron chi connectivity index (χ2n) is 11.5. The summed E-state index contributed by atoms with van der Waals surface area (Å²) in [6.45, 7) is 5.47. The highest BCUT2D eigenvalue weighted by Gasteiger charge is 2.24. The zero-order chi connectivity index (χ0) is 30.7. The number of hydrogen-bond acceptors (Lipinski definition) is 6. The van der Waals surface area contributed by atoms with E-state index in [1.165, 1.54) is 19.3 Å². The number of aryl methyl sites for hydroxylation is 1. The zero-order valence-electron chi connectivity index (χ0n) is 25.9. The second-order valence-corrected chi connectivity index (χ2v) is 11.5. The lowest BCUT2D eigenvalue weighted by atomic mass is 9.95. The fourth-order valence-electron chi connectivity index (χ4n) is 5.83. The Bertz CT molecular complexity index is 1510. The fraction of sp³-hybridized carbons (Fsp3) is 0.417. The number of aromatic nitrogens is 2. The summed E-state index contributed by atoms with van der Waals surface area (Å²) in [4.78, 5) is 30.1. The van der Waals surface area contributed by atoms with Crippen molar-refractivity contribution in [1.82, 2.24) is 14.9 Å². The molecule has 3 aromatic carbocycles.